The highest BCUT2D eigenvalue weighted by molar-refractivity contribution is 7.16. The highest BCUT2D eigenvalue weighted by atomic mass is 32.1. The number of nitrogens with one attached hydrogen (secondary N) is 2. The van der Waals surface area contributed by atoms with E-state index in [0.717, 1.165) is 42.4 Å². The molecule has 28 heavy (non-hydrogen) atoms. The first-order valence-corrected chi connectivity index (χ1v) is 10.2. The van der Waals surface area contributed by atoms with Crippen LogP contribution in [0, 0.1) is 13.8 Å². The second kappa shape index (κ2) is 8.26. The minimum Gasteiger partial charge on any atom is -0.459 e. The van der Waals surface area contributed by atoms with Gasteiger partial charge in [-0.3, -0.25) is 9.78 Å². The lowest BCUT2D eigenvalue weighted by Crippen LogP contribution is -3.14. The van der Waals surface area contributed by atoms with E-state index >= 15 is 0 Å². The van der Waals surface area contributed by atoms with Crippen molar-refractivity contribution in [1.29, 1.82) is 0 Å². The fourth-order valence-corrected chi connectivity index (χ4v) is 4.83. The maximum absolute atomic E-state index is 12.6. The Balaban J connectivity index is 1.76. The number of hydrogen-bond donors (Lipinski definition) is 2. The summed E-state index contributed by atoms with van der Waals surface area (Å²) in [6.45, 7) is 7.54. The molecule has 1 fully saturated rings. The third-order valence-electron chi connectivity index (χ3n) is 5.25. The van der Waals surface area contributed by atoms with Crippen LogP contribution >= 0.6 is 11.3 Å². The molecular formula is C21H24N3O3S+. The molecule has 0 aromatic carbocycles. The highest BCUT2D eigenvalue weighted by Crippen LogP contribution is 2.38. The van der Waals surface area contributed by atoms with Gasteiger partial charge in [0.25, 0.3) is 5.91 Å². The smallest absolute Gasteiger partial charge is 0.291 e. The molecule has 0 aliphatic carbocycles. The van der Waals surface area contributed by atoms with Crippen molar-refractivity contribution in [2.45, 2.75) is 19.9 Å². The molecule has 4 heterocycles. The van der Waals surface area contributed by atoms with Crippen LogP contribution in [0.4, 0.5) is 5.00 Å². The molecule has 1 saturated heterocycles. The standard InChI is InChI=1S/C21H23N3O3S/c1-14-15(2)28-21(23-20(25)17-6-4-10-27-17)18(14)19(16-5-3-7-22-13-16)24-8-11-26-12-9-24/h3-7,10,13,19H,8-9,11-12H2,1-2H3,(H,23,25)/p+1/t19-/m1/s1. The van der Waals surface area contributed by atoms with E-state index in [1.54, 1.807) is 29.7 Å². The zero-order valence-corrected chi connectivity index (χ0v) is 16.8. The first-order chi connectivity index (χ1) is 13.6. The molecule has 146 valence electrons. The van der Waals surface area contributed by atoms with Gasteiger partial charge in [-0.25, -0.2) is 0 Å². The third-order valence-corrected chi connectivity index (χ3v) is 6.39. The highest BCUT2D eigenvalue weighted by Gasteiger charge is 2.34. The Morgan fingerprint density at radius 1 is 1.25 bits per heavy atom. The van der Waals surface area contributed by atoms with E-state index in [0.29, 0.717) is 5.76 Å². The minimum atomic E-state index is -0.227. The zero-order chi connectivity index (χ0) is 19.5. The number of thiophene rings is 1. The van der Waals surface area contributed by atoms with Gasteiger partial charge in [0.1, 0.15) is 24.1 Å². The van der Waals surface area contributed by atoms with Crippen molar-refractivity contribution in [3.8, 4) is 0 Å². The second-order valence-corrected chi connectivity index (χ2v) is 8.17. The lowest BCUT2D eigenvalue weighted by molar-refractivity contribution is -0.933. The summed E-state index contributed by atoms with van der Waals surface area (Å²) in [6, 6.07) is 7.57. The third kappa shape index (κ3) is 3.73. The van der Waals surface area contributed by atoms with Gasteiger partial charge in [0.05, 0.1) is 25.0 Å². The van der Waals surface area contributed by atoms with Crippen molar-refractivity contribution in [3.63, 3.8) is 0 Å². The normalized spacial score (nSPS) is 16.1. The Kier molecular flexibility index (Phi) is 5.57. The summed E-state index contributed by atoms with van der Waals surface area (Å²) in [5, 5.41) is 3.96. The molecule has 1 aliphatic heterocycles. The number of rotatable bonds is 5. The molecule has 6 nitrogen and oxygen atoms in total. The number of quaternary nitrogens is 1. The first-order valence-electron chi connectivity index (χ1n) is 9.42. The SMILES string of the molecule is Cc1sc(NC(=O)c2ccco2)c([C@@H](c2cccnc2)[NH+]2CCOCC2)c1C. The Morgan fingerprint density at radius 3 is 2.75 bits per heavy atom. The number of furan rings is 1. The van der Waals surface area contributed by atoms with Crippen LogP contribution in [-0.2, 0) is 4.74 Å². The molecule has 4 rings (SSSR count). The van der Waals surface area contributed by atoms with Crippen molar-refractivity contribution in [2.24, 2.45) is 0 Å². The first kappa shape index (κ1) is 18.9. The van der Waals surface area contributed by atoms with Gasteiger partial charge in [-0.05, 0) is 43.7 Å². The van der Waals surface area contributed by atoms with Crippen molar-refractivity contribution >= 4 is 22.2 Å². The van der Waals surface area contributed by atoms with Gasteiger partial charge in [-0.15, -0.1) is 11.3 Å². The van der Waals surface area contributed by atoms with Crippen LogP contribution in [0.25, 0.3) is 0 Å². The molecule has 3 aromatic heterocycles. The van der Waals surface area contributed by atoms with Gasteiger partial charge >= 0.3 is 0 Å². The quantitative estimate of drug-likeness (QED) is 0.693. The van der Waals surface area contributed by atoms with Crippen molar-refractivity contribution in [2.75, 3.05) is 31.6 Å². The second-order valence-electron chi connectivity index (χ2n) is 6.95. The maximum atomic E-state index is 12.6. The number of nitrogens with zero attached hydrogens (tertiary/aromatic N) is 1. The molecule has 1 amide bonds. The van der Waals surface area contributed by atoms with Gasteiger partial charge in [-0.1, -0.05) is 0 Å². The lowest BCUT2D eigenvalue weighted by atomic mass is 9.95. The molecule has 0 bridgehead atoms. The summed E-state index contributed by atoms with van der Waals surface area (Å²) < 4.78 is 10.9. The number of ether oxygens (including phenoxy) is 1. The Labute approximate surface area is 168 Å². The summed E-state index contributed by atoms with van der Waals surface area (Å²) in [5.41, 5.74) is 3.52. The number of carbonyl (C=O) groups is 1. The molecule has 2 N–H and O–H groups in total. The van der Waals surface area contributed by atoms with E-state index in [4.69, 9.17) is 9.15 Å². The molecule has 3 aromatic rings. The predicted octanol–water partition coefficient (Wildman–Crippen LogP) is 2.61. The molecule has 7 heteroatoms. The number of carbonyl (C=O) groups excluding carboxylic acids is 1. The van der Waals surface area contributed by atoms with E-state index in [9.17, 15) is 4.79 Å². The van der Waals surface area contributed by atoms with E-state index in [-0.39, 0.29) is 11.9 Å². The number of anilines is 1. The molecule has 1 aliphatic rings. The minimum absolute atomic E-state index is 0.0921. The number of morpholine rings is 1. The van der Waals surface area contributed by atoms with E-state index in [2.05, 4.69) is 30.2 Å². The molecule has 0 saturated carbocycles. The number of hydrogen-bond acceptors (Lipinski definition) is 5. The van der Waals surface area contributed by atoms with Crippen molar-refractivity contribution in [3.05, 3.63) is 70.3 Å². The van der Waals surface area contributed by atoms with E-state index < -0.39 is 0 Å². The number of aryl methyl sites for hydroxylation is 1. The Bertz CT molecular complexity index is 931. The predicted molar refractivity (Wildman–Crippen MR) is 108 cm³/mol. The average molecular weight is 399 g/mol. The van der Waals surface area contributed by atoms with Crippen LogP contribution < -0.4 is 10.2 Å². The van der Waals surface area contributed by atoms with Crippen molar-refractivity contribution < 1.29 is 18.8 Å². The molecular weight excluding hydrogens is 374 g/mol. The van der Waals surface area contributed by atoms with E-state index in [1.165, 1.54) is 21.6 Å². The summed E-state index contributed by atoms with van der Waals surface area (Å²) in [7, 11) is 0. The molecule has 1 atom stereocenters. The van der Waals surface area contributed by atoms with Gasteiger partial charge in [0.15, 0.2) is 5.76 Å². The molecule has 0 radical (unpaired) electrons. The Hall–Kier alpha value is -2.48. The van der Waals surface area contributed by atoms with Crippen molar-refractivity contribution in [1.82, 2.24) is 4.98 Å². The summed E-state index contributed by atoms with van der Waals surface area (Å²) in [4.78, 5) is 19.6. The van der Waals surface area contributed by atoms with Crippen LogP contribution in [0.2, 0.25) is 0 Å². The van der Waals surface area contributed by atoms with Gasteiger partial charge in [0.2, 0.25) is 0 Å². The van der Waals surface area contributed by atoms with Gasteiger partial charge in [0, 0.05) is 22.8 Å². The number of pyridine rings is 1. The maximum Gasteiger partial charge on any atom is 0.291 e. The largest absolute Gasteiger partial charge is 0.459 e. The van der Waals surface area contributed by atoms with Crippen LogP contribution in [0.15, 0.2) is 47.3 Å². The molecule has 0 spiro atoms. The van der Waals surface area contributed by atoms with Crippen LogP contribution in [-0.4, -0.2) is 37.2 Å². The lowest BCUT2D eigenvalue weighted by Gasteiger charge is -2.32. The summed E-state index contributed by atoms with van der Waals surface area (Å²) in [5.74, 6) is 0.0840. The molecule has 0 unspecified atom stereocenters. The number of amides is 1. The van der Waals surface area contributed by atoms with Crippen LogP contribution in [0.1, 0.15) is 38.2 Å². The zero-order valence-electron chi connectivity index (χ0n) is 16.0. The van der Waals surface area contributed by atoms with Crippen LogP contribution in [0.5, 0.6) is 0 Å². The summed E-state index contributed by atoms with van der Waals surface area (Å²) in [6.07, 6.45) is 5.23. The summed E-state index contributed by atoms with van der Waals surface area (Å²) >= 11 is 1.61. The topological polar surface area (TPSA) is 68.8 Å². The van der Waals surface area contributed by atoms with Crippen LogP contribution in [0.3, 0.4) is 0 Å². The van der Waals surface area contributed by atoms with Gasteiger partial charge in [-0.2, -0.15) is 0 Å². The fraction of sp³-hybridized carbons (Fsp3) is 0.333. The number of aromatic nitrogens is 1. The fourth-order valence-electron chi connectivity index (χ4n) is 3.73. The van der Waals surface area contributed by atoms with E-state index in [1.807, 2.05) is 12.3 Å². The van der Waals surface area contributed by atoms with Gasteiger partial charge < -0.3 is 19.4 Å². The monoisotopic (exact) mass is 398 g/mol. The Morgan fingerprint density at radius 2 is 2.07 bits per heavy atom. The average Bonchev–Trinajstić information content (AvgIpc) is 3.35.